The van der Waals surface area contributed by atoms with E-state index in [0.717, 1.165) is 41.8 Å². The van der Waals surface area contributed by atoms with Crippen LogP contribution in [0.25, 0.3) is 22.1 Å². The molecule has 1 aliphatic rings. The van der Waals surface area contributed by atoms with Gasteiger partial charge in [-0.15, -0.1) is 0 Å². The predicted molar refractivity (Wildman–Crippen MR) is 113 cm³/mol. The molecular weight excluding hydrogens is 382 g/mol. The maximum absolute atomic E-state index is 12.6. The number of furan rings is 1. The molecule has 1 saturated heterocycles. The Morgan fingerprint density at radius 1 is 1.20 bits per heavy atom. The third-order valence-corrected chi connectivity index (χ3v) is 5.97. The van der Waals surface area contributed by atoms with Crippen molar-refractivity contribution in [3.63, 3.8) is 0 Å². The molecule has 0 radical (unpaired) electrons. The minimum absolute atomic E-state index is 0.233. The number of hydrogen-bond donors (Lipinski definition) is 2. The second kappa shape index (κ2) is 7.50. The van der Waals surface area contributed by atoms with Gasteiger partial charge in [0.05, 0.1) is 26.3 Å². The third kappa shape index (κ3) is 3.11. The SMILES string of the molecule is COc1ccc([C@H]2CCC[NH+]2Cc2nc3c(oc4ccccc43)c(=O)[nH]2)c(OC)c1. The lowest BCUT2D eigenvalue weighted by atomic mass is 10.0. The molecule has 5 rings (SSSR count). The molecule has 1 unspecified atom stereocenters. The minimum Gasteiger partial charge on any atom is -0.497 e. The Labute approximate surface area is 173 Å². The van der Waals surface area contributed by atoms with Crippen LogP contribution in [-0.2, 0) is 6.54 Å². The number of rotatable bonds is 5. The molecule has 1 fully saturated rings. The summed E-state index contributed by atoms with van der Waals surface area (Å²) in [6.07, 6.45) is 2.16. The molecule has 30 heavy (non-hydrogen) atoms. The first-order valence-corrected chi connectivity index (χ1v) is 10.1. The van der Waals surface area contributed by atoms with Crippen LogP contribution >= 0.6 is 0 Å². The number of likely N-dealkylation sites (tertiary alicyclic amines) is 1. The van der Waals surface area contributed by atoms with Gasteiger partial charge in [-0.3, -0.25) is 4.79 Å². The lowest BCUT2D eigenvalue weighted by Crippen LogP contribution is -3.09. The van der Waals surface area contributed by atoms with Crippen LogP contribution in [0.1, 0.15) is 30.3 Å². The van der Waals surface area contributed by atoms with E-state index in [1.165, 1.54) is 4.90 Å². The average Bonchev–Trinajstić information content (AvgIpc) is 3.38. The summed E-state index contributed by atoms with van der Waals surface area (Å²) in [6.45, 7) is 1.64. The predicted octanol–water partition coefficient (Wildman–Crippen LogP) is 2.61. The lowest BCUT2D eigenvalue weighted by molar-refractivity contribution is -0.932. The quantitative estimate of drug-likeness (QED) is 0.533. The number of fused-ring (bicyclic) bond motifs is 3. The Hall–Kier alpha value is -3.32. The minimum atomic E-state index is -0.233. The number of aromatic nitrogens is 2. The van der Waals surface area contributed by atoms with Gasteiger partial charge in [-0.25, -0.2) is 4.98 Å². The molecule has 0 spiro atoms. The number of benzene rings is 2. The normalized spacial score (nSPS) is 18.9. The van der Waals surface area contributed by atoms with Crippen molar-refractivity contribution in [3.8, 4) is 11.5 Å². The van der Waals surface area contributed by atoms with E-state index in [1.54, 1.807) is 14.2 Å². The van der Waals surface area contributed by atoms with Crippen LogP contribution in [0.3, 0.4) is 0 Å². The summed E-state index contributed by atoms with van der Waals surface area (Å²) < 4.78 is 16.7. The number of aromatic amines is 1. The maximum Gasteiger partial charge on any atom is 0.294 e. The van der Waals surface area contributed by atoms with Gasteiger partial charge in [-0.1, -0.05) is 12.1 Å². The van der Waals surface area contributed by atoms with Crippen LogP contribution in [0.2, 0.25) is 0 Å². The largest absolute Gasteiger partial charge is 0.497 e. The van der Waals surface area contributed by atoms with E-state index in [9.17, 15) is 4.79 Å². The number of nitrogens with one attached hydrogen (secondary N) is 2. The molecule has 7 heteroatoms. The first-order valence-electron chi connectivity index (χ1n) is 10.1. The Morgan fingerprint density at radius 2 is 2.07 bits per heavy atom. The van der Waals surface area contributed by atoms with Crippen molar-refractivity contribution < 1.29 is 18.8 Å². The Bertz CT molecular complexity index is 1280. The van der Waals surface area contributed by atoms with Gasteiger partial charge in [0.2, 0.25) is 5.58 Å². The molecule has 0 saturated carbocycles. The number of methoxy groups -OCH3 is 2. The second-order valence-corrected chi connectivity index (χ2v) is 7.68. The first-order chi connectivity index (χ1) is 14.7. The molecule has 2 N–H and O–H groups in total. The van der Waals surface area contributed by atoms with Crippen molar-refractivity contribution in [2.75, 3.05) is 20.8 Å². The first kappa shape index (κ1) is 18.7. The average molecular weight is 406 g/mol. The zero-order valence-corrected chi connectivity index (χ0v) is 17.0. The molecule has 2 aromatic heterocycles. The number of H-pyrrole nitrogens is 1. The molecule has 7 nitrogen and oxygen atoms in total. The number of para-hydroxylation sites is 1. The van der Waals surface area contributed by atoms with Crippen LogP contribution < -0.4 is 19.9 Å². The Morgan fingerprint density at radius 3 is 2.90 bits per heavy atom. The fourth-order valence-electron chi connectivity index (χ4n) is 4.55. The van der Waals surface area contributed by atoms with E-state index in [4.69, 9.17) is 18.9 Å². The van der Waals surface area contributed by atoms with Crippen LogP contribution in [0.15, 0.2) is 51.7 Å². The second-order valence-electron chi connectivity index (χ2n) is 7.68. The van der Waals surface area contributed by atoms with Gasteiger partial charge < -0.3 is 23.8 Å². The van der Waals surface area contributed by atoms with E-state index in [2.05, 4.69) is 11.1 Å². The van der Waals surface area contributed by atoms with Crippen molar-refractivity contribution in [1.82, 2.24) is 9.97 Å². The fourth-order valence-corrected chi connectivity index (χ4v) is 4.55. The number of hydrogen-bond acceptors (Lipinski definition) is 5. The van der Waals surface area contributed by atoms with Crippen LogP contribution in [0.4, 0.5) is 0 Å². The van der Waals surface area contributed by atoms with Crippen LogP contribution in [0.5, 0.6) is 11.5 Å². The standard InChI is InChI=1S/C23H23N3O4/c1-28-14-9-10-15(19(12-14)29-2)17-7-5-11-26(17)13-20-24-21-16-6-3-4-8-18(16)30-22(21)23(27)25-20/h3-4,6,8-10,12,17H,5,7,11,13H2,1-2H3,(H,24,25,27)/p+1/t17-/m1/s1. The molecule has 0 aliphatic carbocycles. The maximum atomic E-state index is 12.6. The summed E-state index contributed by atoms with van der Waals surface area (Å²) in [7, 11) is 3.34. The van der Waals surface area contributed by atoms with Gasteiger partial charge >= 0.3 is 0 Å². The summed E-state index contributed by atoms with van der Waals surface area (Å²) in [5.41, 5.74) is 2.51. The molecule has 0 bridgehead atoms. The van der Waals surface area contributed by atoms with Crippen molar-refractivity contribution in [1.29, 1.82) is 0 Å². The monoisotopic (exact) mass is 406 g/mol. The van der Waals surface area contributed by atoms with E-state index < -0.39 is 0 Å². The molecule has 0 amide bonds. The van der Waals surface area contributed by atoms with Gasteiger partial charge in [0.25, 0.3) is 5.56 Å². The molecular formula is C23H24N3O4+. The highest BCUT2D eigenvalue weighted by molar-refractivity contribution is 6.01. The topological polar surface area (TPSA) is 81.8 Å². The zero-order chi connectivity index (χ0) is 20.7. The number of quaternary nitrogens is 1. The summed E-state index contributed by atoms with van der Waals surface area (Å²) >= 11 is 0. The smallest absolute Gasteiger partial charge is 0.294 e. The highest BCUT2D eigenvalue weighted by Crippen LogP contribution is 2.32. The van der Waals surface area contributed by atoms with E-state index in [0.29, 0.717) is 23.5 Å². The van der Waals surface area contributed by atoms with Crippen molar-refractivity contribution in [2.24, 2.45) is 0 Å². The van der Waals surface area contributed by atoms with Gasteiger partial charge in [0.1, 0.15) is 35.2 Å². The highest BCUT2D eigenvalue weighted by atomic mass is 16.5. The van der Waals surface area contributed by atoms with Gasteiger partial charge in [-0.05, 0) is 24.3 Å². The molecule has 2 atom stereocenters. The van der Waals surface area contributed by atoms with Gasteiger partial charge in [0, 0.05) is 24.3 Å². The summed E-state index contributed by atoms with van der Waals surface area (Å²) in [5.74, 6) is 2.28. The molecule has 1 aliphatic heterocycles. The van der Waals surface area contributed by atoms with Crippen molar-refractivity contribution in [3.05, 3.63) is 64.2 Å². The lowest BCUT2D eigenvalue weighted by Gasteiger charge is -2.23. The van der Waals surface area contributed by atoms with E-state index in [1.807, 2.05) is 36.4 Å². The number of nitrogens with zero attached hydrogens (tertiary/aromatic N) is 1. The van der Waals surface area contributed by atoms with Crippen LogP contribution in [-0.4, -0.2) is 30.7 Å². The molecule has 4 aromatic rings. The molecule has 154 valence electrons. The number of ether oxygens (including phenoxy) is 2. The van der Waals surface area contributed by atoms with Gasteiger partial charge in [-0.2, -0.15) is 0 Å². The highest BCUT2D eigenvalue weighted by Gasteiger charge is 2.33. The van der Waals surface area contributed by atoms with Crippen LogP contribution in [0, 0.1) is 0 Å². The zero-order valence-electron chi connectivity index (χ0n) is 17.0. The molecule has 2 aromatic carbocycles. The van der Waals surface area contributed by atoms with E-state index in [-0.39, 0.29) is 17.2 Å². The van der Waals surface area contributed by atoms with Crippen molar-refractivity contribution >= 4 is 22.1 Å². The molecule has 3 heterocycles. The Kier molecular flexibility index (Phi) is 4.67. The van der Waals surface area contributed by atoms with E-state index >= 15 is 0 Å². The summed E-state index contributed by atoms with van der Waals surface area (Å²) in [5, 5.41) is 0.865. The fraction of sp³-hybridized carbons (Fsp3) is 0.304. The Balaban J connectivity index is 1.50. The third-order valence-electron chi connectivity index (χ3n) is 5.97. The summed E-state index contributed by atoms with van der Waals surface area (Å²) in [4.78, 5) is 21.7. The van der Waals surface area contributed by atoms with Crippen molar-refractivity contribution in [2.45, 2.75) is 25.4 Å². The summed E-state index contributed by atoms with van der Waals surface area (Å²) in [6, 6.07) is 13.9. The van der Waals surface area contributed by atoms with Gasteiger partial charge in [0.15, 0.2) is 5.82 Å².